The Morgan fingerprint density at radius 2 is 1.35 bits per heavy atom. The second-order valence-electron chi connectivity index (χ2n) is 8.28. The van der Waals surface area contributed by atoms with Gasteiger partial charge in [-0.1, -0.05) is 35.4 Å². The highest BCUT2D eigenvalue weighted by atomic mass is 32.1. The van der Waals surface area contributed by atoms with Crippen molar-refractivity contribution in [2.24, 2.45) is 0 Å². The Morgan fingerprint density at radius 3 is 1.90 bits per heavy atom. The first-order chi connectivity index (χ1) is 14.8. The molecule has 0 amide bonds. The van der Waals surface area contributed by atoms with E-state index in [1.165, 1.54) is 22.3 Å². The number of thiocarbonyl (C=S) groups is 2. The third-order valence-corrected chi connectivity index (χ3v) is 6.23. The zero-order valence-electron chi connectivity index (χ0n) is 18.9. The third kappa shape index (κ3) is 6.89. The minimum absolute atomic E-state index is 0.671. The van der Waals surface area contributed by atoms with Crippen LogP contribution in [0.25, 0.3) is 0 Å². The van der Waals surface area contributed by atoms with Crippen molar-refractivity contribution in [3.8, 4) is 0 Å². The summed E-state index contributed by atoms with van der Waals surface area (Å²) in [5.74, 6) is 0. The van der Waals surface area contributed by atoms with Gasteiger partial charge in [-0.2, -0.15) is 0 Å². The number of hydrogen-bond donors (Lipinski definition) is 3. The zero-order valence-corrected chi connectivity index (χ0v) is 20.6. The summed E-state index contributed by atoms with van der Waals surface area (Å²) in [5, 5.41) is 11.5. The van der Waals surface area contributed by atoms with Crippen molar-refractivity contribution in [1.82, 2.24) is 15.1 Å². The smallest absolute Gasteiger partial charge is 0.173 e. The van der Waals surface area contributed by atoms with E-state index >= 15 is 0 Å². The fourth-order valence-electron chi connectivity index (χ4n) is 3.77. The van der Waals surface area contributed by atoms with Gasteiger partial charge in [-0.3, -0.25) is 4.90 Å². The van der Waals surface area contributed by atoms with Crippen LogP contribution in [-0.2, 0) is 0 Å². The molecule has 2 aromatic rings. The van der Waals surface area contributed by atoms with Crippen molar-refractivity contribution in [1.29, 1.82) is 0 Å². The van der Waals surface area contributed by atoms with Gasteiger partial charge in [0.2, 0.25) is 0 Å². The Bertz CT molecular complexity index is 933. The molecule has 1 aliphatic rings. The number of nitrogens with zero attached hydrogens (tertiary/aromatic N) is 2. The molecule has 0 atom stereocenters. The van der Waals surface area contributed by atoms with E-state index < -0.39 is 0 Å². The molecule has 0 unspecified atom stereocenters. The molecule has 0 saturated carbocycles. The average molecular weight is 456 g/mol. The molecule has 0 spiro atoms. The minimum Gasteiger partial charge on any atom is -0.361 e. The molecule has 0 aliphatic carbocycles. The van der Waals surface area contributed by atoms with Gasteiger partial charge in [0.1, 0.15) is 0 Å². The van der Waals surface area contributed by atoms with Crippen molar-refractivity contribution in [3.63, 3.8) is 0 Å². The first-order valence-corrected chi connectivity index (χ1v) is 11.6. The fraction of sp³-hybridized carbons (Fsp3) is 0.417. The average Bonchev–Trinajstić information content (AvgIpc) is 2.72. The number of piperazine rings is 1. The molecular formula is C24H33N5S2. The SMILES string of the molecule is Cc1ccc(NC(=S)NCCN2CCN(C(=S)Nc3ccc(C)cc3C)CC2)c(C)c1. The summed E-state index contributed by atoms with van der Waals surface area (Å²) in [4.78, 5) is 4.70. The first kappa shape index (κ1) is 23.4. The highest BCUT2D eigenvalue weighted by Crippen LogP contribution is 2.17. The number of anilines is 2. The summed E-state index contributed by atoms with van der Waals surface area (Å²) in [6.45, 7) is 14.0. The van der Waals surface area contributed by atoms with E-state index in [0.29, 0.717) is 5.11 Å². The summed E-state index contributed by atoms with van der Waals surface area (Å²) in [5.41, 5.74) is 7.08. The quantitative estimate of drug-likeness (QED) is 0.583. The second kappa shape index (κ2) is 10.9. The summed E-state index contributed by atoms with van der Waals surface area (Å²) in [6.07, 6.45) is 0. The van der Waals surface area contributed by atoms with Gasteiger partial charge in [-0.05, 0) is 75.4 Å². The van der Waals surface area contributed by atoms with Gasteiger partial charge in [-0.25, -0.2) is 0 Å². The first-order valence-electron chi connectivity index (χ1n) is 10.8. The van der Waals surface area contributed by atoms with Crippen LogP contribution in [0.2, 0.25) is 0 Å². The lowest BCUT2D eigenvalue weighted by Gasteiger charge is -2.36. The molecule has 7 heteroatoms. The molecule has 3 rings (SSSR count). The van der Waals surface area contributed by atoms with Crippen LogP contribution >= 0.6 is 24.4 Å². The van der Waals surface area contributed by atoms with Crippen molar-refractivity contribution in [2.75, 3.05) is 49.9 Å². The normalized spacial score (nSPS) is 14.3. The minimum atomic E-state index is 0.671. The van der Waals surface area contributed by atoms with Crippen LogP contribution in [-0.4, -0.2) is 59.3 Å². The molecule has 5 nitrogen and oxygen atoms in total. The number of benzene rings is 2. The largest absolute Gasteiger partial charge is 0.361 e. The van der Waals surface area contributed by atoms with Gasteiger partial charge < -0.3 is 20.9 Å². The van der Waals surface area contributed by atoms with E-state index in [2.05, 4.69) is 89.8 Å². The Balaban J connectivity index is 1.37. The molecule has 1 fully saturated rings. The van der Waals surface area contributed by atoms with Gasteiger partial charge in [-0.15, -0.1) is 0 Å². The number of nitrogens with one attached hydrogen (secondary N) is 3. The monoisotopic (exact) mass is 455 g/mol. The predicted octanol–water partition coefficient (Wildman–Crippen LogP) is 4.22. The van der Waals surface area contributed by atoms with E-state index in [0.717, 1.165) is 55.8 Å². The van der Waals surface area contributed by atoms with Gasteiger partial charge in [0.15, 0.2) is 10.2 Å². The van der Waals surface area contributed by atoms with Crippen LogP contribution in [0, 0.1) is 27.7 Å². The standard InChI is InChI=1S/C24H33N5S2/c1-17-5-7-21(19(3)15-17)26-23(30)25-9-10-28-11-13-29(14-12-28)24(31)27-22-8-6-18(2)16-20(22)4/h5-8,15-16H,9-14H2,1-4H3,(H,27,31)(H2,25,26,30). The lowest BCUT2D eigenvalue weighted by molar-refractivity contribution is 0.186. The zero-order chi connectivity index (χ0) is 22.4. The van der Waals surface area contributed by atoms with E-state index in [4.69, 9.17) is 24.4 Å². The lowest BCUT2D eigenvalue weighted by atomic mass is 10.1. The third-order valence-electron chi connectivity index (χ3n) is 5.63. The van der Waals surface area contributed by atoms with Crippen LogP contribution in [0.3, 0.4) is 0 Å². The summed E-state index contributed by atoms with van der Waals surface area (Å²) in [7, 11) is 0. The van der Waals surface area contributed by atoms with Crippen molar-refractivity contribution in [2.45, 2.75) is 27.7 Å². The van der Waals surface area contributed by atoms with Gasteiger partial charge in [0.25, 0.3) is 0 Å². The van der Waals surface area contributed by atoms with Crippen LogP contribution < -0.4 is 16.0 Å². The van der Waals surface area contributed by atoms with E-state index in [1.807, 2.05) is 0 Å². The Hall–Kier alpha value is -2.22. The maximum Gasteiger partial charge on any atom is 0.173 e. The topological polar surface area (TPSA) is 42.6 Å². The molecule has 1 saturated heterocycles. The Labute approximate surface area is 197 Å². The fourth-order valence-corrected chi connectivity index (χ4v) is 4.28. The van der Waals surface area contributed by atoms with E-state index in [-0.39, 0.29) is 0 Å². The molecular weight excluding hydrogens is 422 g/mol. The maximum atomic E-state index is 5.65. The second-order valence-corrected chi connectivity index (χ2v) is 9.07. The van der Waals surface area contributed by atoms with Crippen LogP contribution in [0.5, 0.6) is 0 Å². The summed E-state index contributed by atoms with van der Waals surface area (Å²) >= 11 is 11.1. The lowest BCUT2D eigenvalue weighted by Crippen LogP contribution is -2.51. The van der Waals surface area contributed by atoms with E-state index in [1.54, 1.807) is 0 Å². The highest BCUT2D eigenvalue weighted by Gasteiger charge is 2.19. The molecule has 0 radical (unpaired) electrons. The molecule has 3 N–H and O–H groups in total. The van der Waals surface area contributed by atoms with Crippen LogP contribution in [0.4, 0.5) is 11.4 Å². The van der Waals surface area contributed by atoms with Crippen LogP contribution in [0.15, 0.2) is 36.4 Å². The van der Waals surface area contributed by atoms with Gasteiger partial charge in [0.05, 0.1) is 0 Å². The number of rotatable bonds is 5. The summed E-state index contributed by atoms with van der Waals surface area (Å²) in [6, 6.07) is 12.7. The number of hydrogen-bond acceptors (Lipinski definition) is 3. The van der Waals surface area contributed by atoms with Crippen molar-refractivity contribution >= 4 is 46.0 Å². The van der Waals surface area contributed by atoms with E-state index in [9.17, 15) is 0 Å². The molecule has 1 heterocycles. The van der Waals surface area contributed by atoms with Crippen molar-refractivity contribution in [3.05, 3.63) is 58.7 Å². The Kier molecular flexibility index (Phi) is 8.23. The summed E-state index contributed by atoms with van der Waals surface area (Å²) < 4.78 is 0. The molecule has 2 aromatic carbocycles. The molecule has 1 aliphatic heterocycles. The highest BCUT2D eigenvalue weighted by molar-refractivity contribution is 7.80. The van der Waals surface area contributed by atoms with Crippen LogP contribution in [0.1, 0.15) is 22.3 Å². The molecule has 0 bridgehead atoms. The Morgan fingerprint density at radius 1 is 0.806 bits per heavy atom. The molecule has 0 aromatic heterocycles. The molecule has 31 heavy (non-hydrogen) atoms. The molecule has 166 valence electrons. The van der Waals surface area contributed by atoms with Gasteiger partial charge >= 0.3 is 0 Å². The number of aryl methyl sites for hydroxylation is 4. The maximum absolute atomic E-state index is 5.65. The van der Waals surface area contributed by atoms with Gasteiger partial charge in [0, 0.05) is 50.6 Å². The predicted molar refractivity (Wildman–Crippen MR) is 140 cm³/mol. The van der Waals surface area contributed by atoms with Crippen molar-refractivity contribution < 1.29 is 0 Å².